The molecule has 29 heavy (non-hydrogen) atoms. The second-order valence-electron chi connectivity index (χ2n) is 7.18. The molecule has 4 aromatic rings. The summed E-state index contributed by atoms with van der Waals surface area (Å²) in [6, 6.07) is 18.4. The molecule has 0 spiro atoms. The number of aryl methyl sites for hydroxylation is 3. The summed E-state index contributed by atoms with van der Waals surface area (Å²) in [5.74, 6) is -0.993. The van der Waals surface area contributed by atoms with Crippen molar-refractivity contribution in [2.75, 3.05) is 0 Å². The first kappa shape index (κ1) is 19.2. The number of hydrogen-bond donors (Lipinski definition) is 1. The highest BCUT2D eigenvalue weighted by molar-refractivity contribution is 6.30. The number of fused-ring (bicyclic) bond motifs is 1. The van der Waals surface area contributed by atoms with E-state index in [1.165, 1.54) is 39.9 Å². The third kappa shape index (κ3) is 4.03. The molecule has 2 aromatic heterocycles. The quantitative estimate of drug-likeness (QED) is 0.444. The lowest BCUT2D eigenvalue weighted by Crippen LogP contribution is -2.05. The molecule has 0 saturated heterocycles. The fourth-order valence-corrected chi connectivity index (χ4v) is 3.96. The first-order valence-corrected chi connectivity index (χ1v) is 9.92. The van der Waals surface area contributed by atoms with E-state index in [0.717, 1.165) is 12.8 Å². The van der Waals surface area contributed by atoms with E-state index in [9.17, 15) is 9.90 Å². The first-order valence-electron chi connectivity index (χ1n) is 9.54. The maximum absolute atomic E-state index is 11.5. The zero-order valence-corrected chi connectivity index (χ0v) is 16.9. The topological polar surface area (TPSA) is 55.1 Å². The molecule has 2 aromatic carbocycles. The molecule has 1 N–H and O–H groups in total. The minimum absolute atomic E-state index is 0.181. The monoisotopic (exact) mass is 404 g/mol. The van der Waals surface area contributed by atoms with Gasteiger partial charge in [0, 0.05) is 30.4 Å². The molecule has 4 nitrogen and oxygen atoms in total. The van der Waals surface area contributed by atoms with E-state index >= 15 is 0 Å². The molecule has 0 radical (unpaired) electrons. The Balaban J connectivity index is 1.61. The molecule has 0 aliphatic heterocycles. The number of aromatic nitrogens is 2. The smallest absolute Gasteiger partial charge is 0.337 e. The summed E-state index contributed by atoms with van der Waals surface area (Å²) in [6.07, 6.45) is 5.83. The van der Waals surface area contributed by atoms with Gasteiger partial charge in [-0.05, 0) is 54.7 Å². The third-order valence-corrected chi connectivity index (χ3v) is 5.37. The zero-order valence-electron chi connectivity index (χ0n) is 16.1. The molecule has 4 rings (SSSR count). The first-order chi connectivity index (χ1) is 14.0. The normalized spacial score (nSPS) is 11.1. The van der Waals surface area contributed by atoms with Crippen LogP contribution in [0.25, 0.3) is 22.0 Å². The fraction of sp³-hybridized carbons (Fsp3) is 0.167. The van der Waals surface area contributed by atoms with Crippen molar-refractivity contribution in [3.05, 3.63) is 88.8 Å². The van der Waals surface area contributed by atoms with Crippen molar-refractivity contribution in [3.63, 3.8) is 0 Å². The average Bonchev–Trinajstić information content (AvgIpc) is 3.10. The number of carbonyl (C=O) groups is 1. The number of hydrogen-bond acceptors (Lipinski definition) is 2. The summed E-state index contributed by atoms with van der Waals surface area (Å²) in [7, 11) is 2.06. The Bertz CT molecular complexity index is 1180. The highest BCUT2D eigenvalue weighted by Crippen LogP contribution is 2.31. The van der Waals surface area contributed by atoms with Gasteiger partial charge >= 0.3 is 5.97 Å². The Morgan fingerprint density at radius 2 is 1.90 bits per heavy atom. The van der Waals surface area contributed by atoms with Crippen LogP contribution in [0.1, 0.15) is 28.0 Å². The van der Waals surface area contributed by atoms with E-state index in [-0.39, 0.29) is 5.56 Å². The van der Waals surface area contributed by atoms with Crippen LogP contribution in [0.5, 0.6) is 0 Å². The van der Waals surface area contributed by atoms with Crippen molar-refractivity contribution in [2.24, 2.45) is 7.05 Å². The minimum Gasteiger partial charge on any atom is -0.478 e. The van der Waals surface area contributed by atoms with Gasteiger partial charge in [0.1, 0.15) is 0 Å². The van der Waals surface area contributed by atoms with E-state index in [0.29, 0.717) is 17.1 Å². The predicted octanol–water partition coefficient (Wildman–Crippen LogP) is 5.77. The maximum Gasteiger partial charge on any atom is 0.337 e. The van der Waals surface area contributed by atoms with Crippen molar-refractivity contribution in [2.45, 2.75) is 19.3 Å². The minimum atomic E-state index is -0.993. The fourth-order valence-electron chi connectivity index (χ4n) is 3.80. The van der Waals surface area contributed by atoms with Crippen LogP contribution in [0.3, 0.4) is 0 Å². The number of rotatable bonds is 6. The average molecular weight is 405 g/mol. The standard InChI is InChI=1S/C24H21ClN2O2/c1-27-11-10-18-12-16(13-20(23(18)27)17-7-3-2-4-8-17)6-5-9-22-21(24(28)29)14-19(25)15-26-22/h2-4,7-8,10-15H,5-6,9H2,1H3,(H,28,29). The van der Waals surface area contributed by atoms with Gasteiger partial charge in [-0.15, -0.1) is 0 Å². The highest BCUT2D eigenvalue weighted by Gasteiger charge is 2.13. The number of carboxylic acids is 1. The van der Waals surface area contributed by atoms with Gasteiger partial charge in [-0.3, -0.25) is 4.98 Å². The molecule has 146 valence electrons. The van der Waals surface area contributed by atoms with E-state index in [1.54, 1.807) is 0 Å². The second-order valence-corrected chi connectivity index (χ2v) is 7.62. The van der Waals surface area contributed by atoms with Crippen LogP contribution < -0.4 is 0 Å². The van der Waals surface area contributed by atoms with E-state index in [1.807, 2.05) is 6.07 Å². The van der Waals surface area contributed by atoms with Gasteiger partial charge in [0.15, 0.2) is 0 Å². The molecule has 0 aliphatic rings. The lowest BCUT2D eigenvalue weighted by atomic mass is 9.97. The summed E-state index contributed by atoms with van der Waals surface area (Å²) in [6.45, 7) is 0. The number of nitrogens with zero attached hydrogens (tertiary/aromatic N) is 2. The van der Waals surface area contributed by atoms with E-state index in [4.69, 9.17) is 11.6 Å². The van der Waals surface area contributed by atoms with Gasteiger partial charge < -0.3 is 9.67 Å². The molecule has 0 aliphatic carbocycles. The number of halogens is 1. The van der Waals surface area contributed by atoms with Gasteiger partial charge in [-0.2, -0.15) is 0 Å². The lowest BCUT2D eigenvalue weighted by molar-refractivity contribution is 0.0695. The summed E-state index contributed by atoms with van der Waals surface area (Å²) >= 11 is 5.90. The molecule has 0 amide bonds. The van der Waals surface area contributed by atoms with Crippen LogP contribution in [0.2, 0.25) is 5.02 Å². The van der Waals surface area contributed by atoms with Crippen LogP contribution in [0.4, 0.5) is 0 Å². The Morgan fingerprint density at radius 1 is 1.10 bits per heavy atom. The third-order valence-electron chi connectivity index (χ3n) is 5.16. The van der Waals surface area contributed by atoms with Crippen LogP contribution >= 0.6 is 11.6 Å². The molecule has 0 unspecified atom stereocenters. The number of benzene rings is 2. The maximum atomic E-state index is 11.5. The van der Waals surface area contributed by atoms with Gasteiger partial charge in [-0.1, -0.05) is 41.9 Å². The van der Waals surface area contributed by atoms with Crippen LogP contribution in [0.15, 0.2) is 67.0 Å². The lowest BCUT2D eigenvalue weighted by Gasteiger charge is -2.11. The van der Waals surface area contributed by atoms with Gasteiger partial charge in [0.05, 0.1) is 21.8 Å². The van der Waals surface area contributed by atoms with E-state index in [2.05, 4.69) is 65.3 Å². The molecule has 0 saturated carbocycles. The van der Waals surface area contributed by atoms with Crippen molar-refractivity contribution >= 4 is 28.5 Å². The Hall–Kier alpha value is -3.11. The molecular weight excluding hydrogens is 384 g/mol. The van der Waals surface area contributed by atoms with Crippen molar-refractivity contribution in [1.29, 1.82) is 0 Å². The van der Waals surface area contributed by atoms with Crippen LogP contribution in [0, 0.1) is 0 Å². The number of carboxylic acid groups (broad SMARTS) is 1. The number of pyridine rings is 1. The Kier molecular flexibility index (Phi) is 5.36. The Morgan fingerprint density at radius 3 is 2.66 bits per heavy atom. The van der Waals surface area contributed by atoms with Crippen LogP contribution in [-0.4, -0.2) is 20.6 Å². The van der Waals surface area contributed by atoms with Crippen LogP contribution in [-0.2, 0) is 19.9 Å². The van der Waals surface area contributed by atoms with Crippen molar-refractivity contribution in [3.8, 4) is 11.1 Å². The highest BCUT2D eigenvalue weighted by atomic mass is 35.5. The van der Waals surface area contributed by atoms with Gasteiger partial charge in [0.2, 0.25) is 0 Å². The molecule has 0 atom stereocenters. The zero-order chi connectivity index (χ0) is 20.4. The van der Waals surface area contributed by atoms with Crippen molar-refractivity contribution in [1.82, 2.24) is 9.55 Å². The molecule has 0 bridgehead atoms. The number of aromatic carboxylic acids is 1. The summed E-state index contributed by atoms with van der Waals surface area (Å²) < 4.78 is 2.15. The van der Waals surface area contributed by atoms with Gasteiger partial charge in [0.25, 0.3) is 0 Å². The summed E-state index contributed by atoms with van der Waals surface area (Å²) in [5, 5.41) is 10.9. The molecule has 0 fully saturated rings. The SMILES string of the molecule is Cn1ccc2cc(CCCc3ncc(Cl)cc3C(=O)O)cc(-c3ccccc3)c21. The predicted molar refractivity (Wildman–Crippen MR) is 117 cm³/mol. The largest absolute Gasteiger partial charge is 0.478 e. The van der Waals surface area contributed by atoms with Gasteiger partial charge in [-0.25, -0.2) is 4.79 Å². The molecule has 2 heterocycles. The van der Waals surface area contributed by atoms with E-state index < -0.39 is 5.97 Å². The summed E-state index contributed by atoms with van der Waals surface area (Å²) in [4.78, 5) is 15.7. The second kappa shape index (κ2) is 8.10. The Labute approximate surface area is 174 Å². The van der Waals surface area contributed by atoms with Crippen molar-refractivity contribution < 1.29 is 9.90 Å². The molecular formula is C24H21ClN2O2. The summed E-state index contributed by atoms with van der Waals surface area (Å²) in [5.41, 5.74) is 5.60. The molecule has 5 heteroatoms.